The zero-order valence-electron chi connectivity index (χ0n) is 12.2. The van der Waals surface area contributed by atoms with E-state index in [0.717, 1.165) is 24.3 Å². The molecule has 19 heavy (non-hydrogen) atoms. The smallest absolute Gasteiger partial charge is 0.246 e. The molecule has 1 heterocycles. The molecular formula is C15H23N3O. The highest BCUT2D eigenvalue weighted by atomic mass is 16.2. The predicted octanol–water partition coefficient (Wildman–Crippen LogP) is 2.38. The Kier molecular flexibility index (Phi) is 4.10. The molecule has 1 aliphatic rings. The summed E-state index contributed by atoms with van der Waals surface area (Å²) in [6.07, 6.45) is 0. The number of carbonyl (C=O) groups is 1. The molecular weight excluding hydrogens is 238 g/mol. The average molecular weight is 261 g/mol. The van der Waals surface area contributed by atoms with Crippen LogP contribution in [-0.4, -0.2) is 26.0 Å². The molecule has 0 aromatic heterocycles. The second kappa shape index (κ2) is 5.61. The first-order valence-corrected chi connectivity index (χ1v) is 6.93. The maximum atomic E-state index is 11.8. The highest BCUT2D eigenvalue weighted by Crippen LogP contribution is 2.33. The van der Waals surface area contributed by atoms with Crippen molar-refractivity contribution in [1.29, 1.82) is 0 Å². The molecule has 0 aliphatic carbocycles. The van der Waals surface area contributed by atoms with Gasteiger partial charge in [0.05, 0.1) is 0 Å². The summed E-state index contributed by atoms with van der Waals surface area (Å²) < 4.78 is 0. The fraction of sp³-hybridized carbons (Fsp3) is 0.533. The Morgan fingerprint density at radius 2 is 2.16 bits per heavy atom. The van der Waals surface area contributed by atoms with Gasteiger partial charge in [0.2, 0.25) is 5.91 Å². The monoisotopic (exact) mass is 261 g/mol. The molecule has 4 nitrogen and oxygen atoms in total. The minimum atomic E-state index is -0.218. The average Bonchev–Trinajstić information content (AvgIpc) is 2.69. The van der Waals surface area contributed by atoms with Gasteiger partial charge in [-0.2, -0.15) is 0 Å². The van der Waals surface area contributed by atoms with E-state index in [2.05, 4.69) is 48.4 Å². The zero-order valence-corrected chi connectivity index (χ0v) is 12.2. The van der Waals surface area contributed by atoms with Gasteiger partial charge in [-0.1, -0.05) is 19.9 Å². The molecule has 1 aromatic carbocycles. The normalized spacial score (nSPS) is 17.5. The summed E-state index contributed by atoms with van der Waals surface area (Å²) in [7, 11) is 1.81. The molecule has 1 atom stereocenters. The highest BCUT2D eigenvalue weighted by Gasteiger charge is 2.29. The van der Waals surface area contributed by atoms with E-state index in [1.165, 1.54) is 5.69 Å². The van der Waals surface area contributed by atoms with E-state index < -0.39 is 0 Å². The molecule has 0 saturated carbocycles. The van der Waals surface area contributed by atoms with E-state index in [1.54, 1.807) is 0 Å². The van der Waals surface area contributed by atoms with Crippen molar-refractivity contribution >= 4 is 17.3 Å². The molecule has 4 heteroatoms. The number of rotatable bonds is 5. The molecule has 0 saturated heterocycles. The largest absolute Gasteiger partial charge is 0.371 e. The van der Waals surface area contributed by atoms with Crippen LogP contribution >= 0.6 is 0 Å². The van der Waals surface area contributed by atoms with E-state index in [9.17, 15) is 4.79 Å². The summed E-state index contributed by atoms with van der Waals surface area (Å²) in [5.74, 6) is 0.648. The van der Waals surface area contributed by atoms with Crippen molar-refractivity contribution < 1.29 is 4.79 Å². The highest BCUT2D eigenvalue weighted by molar-refractivity contribution is 6.03. The van der Waals surface area contributed by atoms with Crippen LogP contribution in [0.5, 0.6) is 0 Å². The van der Waals surface area contributed by atoms with Crippen molar-refractivity contribution in [1.82, 2.24) is 5.32 Å². The van der Waals surface area contributed by atoms with Crippen molar-refractivity contribution in [3.05, 3.63) is 23.8 Å². The van der Waals surface area contributed by atoms with Crippen LogP contribution in [0.4, 0.5) is 11.4 Å². The maximum absolute atomic E-state index is 11.8. The number of carbonyl (C=O) groups excluding carboxylic acids is 1. The second-order valence-corrected chi connectivity index (χ2v) is 5.41. The fourth-order valence-corrected chi connectivity index (χ4v) is 2.59. The molecule has 1 aromatic rings. The number of fused-ring (bicyclic) bond motifs is 1. The van der Waals surface area contributed by atoms with Gasteiger partial charge in [-0.25, -0.2) is 0 Å². The molecule has 1 amide bonds. The van der Waals surface area contributed by atoms with Crippen molar-refractivity contribution in [2.45, 2.75) is 26.8 Å². The maximum Gasteiger partial charge on any atom is 0.246 e. The molecule has 2 N–H and O–H groups in total. The predicted molar refractivity (Wildman–Crippen MR) is 79.6 cm³/mol. The first-order valence-electron chi connectivity index (χ1n) is 6.93. The van der Waals surface area contributed by atoms with E-state index >= 15 is 0 Å². The third kappa shape index (κ3) is 2.73. The lowest BCUT2D eigenvalue weighted by Crippen LogP contribution is -2.27. The first kappa shape index (κ1) is 13.9. The van der Waals surface area contributed by atoms with Gasteiger partial charge in [-0.05, 0) is 32.0 Å². The molecule has 1 aliphatic heterocycles. The lowest BCUT2D eigenvalue weighted by Gasteiger charge is -2.25. The van der Waals surface area contributed by atoms with Crippen molar-refractivity contribution in [2.24, 2.45) is 5.92 Å². The number of benzene rings is 1. The summed E-state index contributed by atoms with van der Waals surface area (Å²) in [6.45, 7) is 8.59. The third-order valence-electron chi connectivity index (χ3n) is 3.49. The number of likely N-dealkylation sites (N-methyl/N-ethyl adjacent to an activating group) is 1. The van der Waals surface area contributed by atoms with Gasteiger partial charge in [0.25, 0.3) is 0 Å². The van der Waals surface area contributed by atoms with E-state index in [1.807, 2.05) is 13.1 Å². The van der Waals surface area contributed by atoms with Crippen LogP contribution < -0.4 is 15.5 Å². The van der Waals surface area contributed by atoms with Crippen molar-refractivity contribution in [2.75, 3.05) is 30.4 Å². The van der Waals surface area contributed by atoms with Crippen LogP contribution in [0.3, 0.4) is 0 Å². The van der Waals surface area contributed by atoms with E-state index in [-0.39, 0.29) is 11.9 Å². The van der Waals surface area contributed by atoms with Gasteiger partial charge in [0.15, 0.2) is 0 Å². The van der Waals surface area contributed by atoms with Crippen LogP contribution in [0, 0.1) is 5.92 Å². The Hall–Kier alpha value is -1.55. The summed E-state index contributed by atoms with van der Waals surface area (Å²) in [5.41, 5.74) is 3.15. The van der Waals surface area contributed by atoms with Gasteiger partial charge < -0.3 is 15.5 Å². The molecule has 0 fully saturated rings. The number of nitrogens with one attached hydrogen (secondary N) is 2. The number of nitrogens with zero attached hydrogens (tertiary/aromatic N) is 1. The molecule has 1 unspecified atom stereocenters. The SMILES string of the molecule is CCN(CC(C)C)c1ccc2c(c1)NC(=O)C2NC. The van der Waals surface area contributed by atoms with E-state index in [0.29, 0.717) is 5.92 Å². The quantitative estimate of drug-likeness (QED) is 0.855. The van der Waals surface area contributed by atoms with Crippen LogP contribution in [0.25, 0.3) is 0 Å². The Labute approximate surface area is 115 Å². The zero-order chi connectivity index (χ0) is 14.0. The lowest BCUT2D eigenvalue weighted by molar-refractivity contribution is -0.117. The number of hydrogen-bond donors (Lipinski definition) is 2. The minimum absolute atomic E-state index is 0.0292. The molecule has 0 radical (unpaired) electrons. The fourth-order valence-electron chi connectivity index (χ4n) is 2.59. The van der Waals surface area contributed by atoms with Crippen molar-refractivity contribution in [3.8, 4) is 0 Å². The van der Waals surface area contributed by atoms with Gasteiger partial charge in [0, 0.05) is 30.0 Å². The summed E-state index contributed by atoms with van der Waals surface area (Å²) in [4.78, 5) is 14.1. The van der Waals surface area contributed by atoms with Crippen molar-refractivity contribution in [3.63, 3.8) is 0 Å². The summed E-state index contributed by atoms with van der Waals surface area (Å²) in [5, 5.41) is 5.98. The Bertz CT molecular complexity index is 470. The molecule has 2 rings (SSSR count). The molecule has 0 spiro atoms. The number of amides is 1. The van der Waals surface area contributed by atoms with Gasteiger partial charge >= 0.3 is 0 Å². The van der Waals surface area contributed by atoms with Gasteiger partial charge in [-0.3, -0.25) is 4.79 Å². The molecule has 104 valence electrons. The summed E-state index contributed by atoms with van der Waals surface area (Å²) in [6, 6.07) is 6.02. The standard InChI is InChI=1S/C15H23N3O/c1-5-18(9-10(2)3)11-6-7-12-13(8-11)17-15(19)14(12)16-4/h6-8,10,14,16H,5,9H2,1-4H3,(H,17,19). The van der Waals surface area contributed by atoms with Crippen LogP contribution in [0.15, 0.2) is 18.2 Å². The second-order valence-electron chi connectivity index (χ2n) is 5.41. The summed E-state index contributed by atoms with van der Waals surface area (Å²) >= 11 is 0. The van der Waals surface area contributed by atoms with Gasteiger partial charge in [-0.15, -0.1) is 0 Å². The number of anilines is 2. The Morgan fingerprint density at radius 3 is 2.74 bits per heavy atom. The topological polar surface area (TPSA) is 44.4 Å². The minimum Gasteiger partial charge on any atom is -0.371 e. The van der Waals surface area contributed by atoms with E-state index in [4.69, 9.17) is 0 Å². The Balaban J connectivity index is 2.27. The van der Waals surface area contributed by atoms with Crippen LogP contribution in [-0.2, 0) is 4.79 Å². The third-order valence-corrected chi connectivity index (χ3v) is 3.49. The Morgan fingerprint density at radius 1 is 1.42 bits per heavy atom. The van der Waals surface area contributed by atoms with Crippen LogP contribution in [0.2, 0.25) is 0 Å². The van der Waals surface area contributed by atoms with Crippen LogP contribution in [0.1, 0.15) is 32.4 Å². The molecule has 0 bridgehead atoms. The first-order chi connectivity index (χ1) is 9.06. The van der Waals surface area contributed by atoms with Gasteiger partial charge in [0.1, 0.15) is 6.04 Å². The number of hydrogen-bond acceptors (Lipinski definition) is 3. The lowest BCUT2D eigenvalue weighted by atomic mass is 10.1.